The van der Waals surface area contributed by atoms with Crippen LogP contribution in [0, 0.1) is 24.2 Å². The molecule has 1 fully saturated rings. The average Bonchev–Trinajstić information content (AvgIpc) is 2.84. The number of aromatic nitrogens is 1. The second kappa shape index (κ2) is 9.97. The molecule has 7 heteroatoms. The van der Waals surface area contributed by atoms with Crippen molar-refractivity contribution in [2.75, 3.05) is 46.3 Å². The number of methoxy groups -OCH3 is 2. The quantitative estimate of drug-likeness (QED) is 0.553. The van der Waals surface area contributed by atoms with E-state index in [9.17, 15) is 5.26 Å². The Morgan fingerprint density at radius 1 is 1.12 bits per heavy atom. The van der Waals surface area contributed by atoms with Crippen molar-refractivity contribution in [3.05, 3.63) is 47.7 Å². The van der Waals surface area contributed by atoms with Crippen LogP contribution in [-0.4, -0.2) is 50.8 Å². The first kappa shape index (κ1) is 22.7. The largest absolute Gasteiger partial charge is 0.497 e. The van der Waals surface area contributed by atoms with Crippen molar-refractivity contribution in [1.29, 1.82) is 5.26 Å². The van der Waals surface area contributed by atoms with E-state index in [0.29, 0.717) is 35.3 Å². The van der Waals surface area contributed by atoms with Gasteiger partial charge in [0.05, 0.1) is 37.6 Å². The Balaban J connectivity index is 1.66. The Bertz CT molecular complexity index is 1180. The molecule has 172 valence electrons. The van der Waals surface area contributed by atoms with Crippen LogP contribution in [-0.2, 0) is 0 Å². The summed E-state index contributed by atoms with van der Waals surface area (Å²) < 4.78 is 17.2. The molecule has 0 amide bonds. The van der Waals surface area contributed by atoms with Gasteiger partial charge in [0.1, 0.15) is 11.8 Å². The first-order valence-electron chi connectivity index (χ1n) is 11.2. The van der Waals surface area contributed by atoms with Crippen LogP contribution >= 0.6 is 0 Å². The van der Waals surface area contributed by atoms with Crippen molar-refractivity contribution in [3.63, 3.8) is 0 Å². The lowest BCUT2D eigenvalue weighted by molar-refractivity contribution is 0.157. The standard InChI is InChI=1S/C26H30N4O3/c1-17-11-20(31-3)5-6-22(17)29-26-19(14-27)15-28-23-13-25(24(32-4)12-21(23)26)33-16-18-7-9-30(2)10-8-18/h5-6,11-13,15,18H,7-10,16H2,1-4H3,(H,28,29). The highest BCUT2D eigenvalue weighted by Gasteiger charge is 2.19. The van der Waals surface area contributed by atoms with Crippen molar-refractivity contribution >= 4 is 22.3 Å². The molecular weight excluding hydrogens is 416 g/mol. The lowest BCUT2D eigenvalue weighted by Gasteiger charge is -2.28. The summed E-state index contributed by atoms with van der Waals surface area (Å²) in [6.45, 7) is 4.85. The minimum Gasteiger partial charge on any atom is -0.497 e. The van der Waals surface area contributed by atoms with Gasteiger partial charge in [0.2, 0.25) is 0 Å². The van der Waals surface area contributed by atoms with Gasteiger partial charge in [-0.25, -0.2) is 0 Å². The molecule has 4 rings (SSSR count). The number of rotatable bonds is 7. The summed E-state index contributed by atoms with van der Waals surface area (Å²) in [4.78, 5) is 6.87. The molecule has 7 nitrogen and oxygen atoms in total. The zero-order valence-electron chi connectivity index (χ0n) is 19.6. The van der Waals surface area contributed by atoms with Crippen molar-refractivity contribution in [1.82, 2.24) is 9.88 Å². The SMILES string of the molecule is COc1ccc(Nc2c(C#N)cnc3cc(OCC4CCN(C)CC4)c(OC)cc23)c(C)c1. The number of benzene rings is 2. The molecule has 1 aliphatic heterocycles. The molecule has 1 aliphatic rings. The lowest BCUT2D eigenvalue weighted by atomic mass is 9.98. The van der Waals surface area contributed by atoms with E-state index in [1.807, 2.05) is 37.3 Å². The second-order valence-electron chi connectivity index (χ2n) is 8.54. The number of nitriles is 1. The molecular formula is C26H30N4O3. The molecule has 3 aromatic rings. The summed E-state index contributed by atoms with van der Waals surface area (Å²) in [5.41, 5.74) is 3.78. The maximum atomic E-state index is 9.73. The van der Waals surface area contributed by atoms with E-state index in [2.05, 4.69) is 28.3 Å². The van der Waals surface area contributed by atoms with Crippen LogP contribution in [0.5, 0.6) is 17.2 Å². The molecule has 0 saturated carbocycles. The van der Waals surface area contributed by atoms with Gasteiger partial charge in [0.15, 0.2) is 11.5 Å². The number of nitrogens with one attached hydrogen (secondary N) is 1. The number of hydrogen-bond donors (Lipinski definition) is 1. The number of pyridine rings is 1. The molecule has 2 heterocycles. The highest BCUT2D eigenvalue weighted by molar-refractivity contribution is 5.97. The summed E-state index contributed by atoms with van der Waals surface area (Å²) in [5.74, 6) is 2.62. The van der Waals surface area contributed by atoms with E-state index in [-0.39, 0.29) is 0 Å². The molecule has 0 radical (unpaired) electrons. The monoisotopic (exact) mass is 446 g/mol. The Hall–Kier alpha value is -3.50. The molecule has 1 aromatic heterocycles. The number of likely N-dealkylation sites (tertiary alicyclic amines) is 1. The van der Waals surface area contributed by atoms with Gasteiger partial charge in [-0.1, -0.05) is 0 Å². The number of hydrogen-bond acceptors (Lipinski definition) is 7. The van der Waals surface area contributed by atoms with E-state index in [1.54, 1.807) is 20.4 Å². The molecule has 0 spiro atoms. The topological polar surface area (TPSA) is 79.6 Å². The Morgan fingerprint density at radius 3 is 2.58 bits per heavy atom. The van der Waals surface area contributed by atoms with E-state index in [4.69, 9.17) is 14.2 Å². The third-order valence-corrected chi connectivity index (χ3v) is 6.28. The van der Waals surface area contributed by atoms with Crippen LogP contribution in [0.25, 0.3) is 10.9 Å². The number of piperidine rings is 1. The number of nitrogens with zero attached hydrogens (tertiary/aromatic N) is 3. The number of anilines is 2. The van der Waals surface area contributed by atoms with Crippen LogP contribution in [0.15, 0.2) is 36.5 Å². The van der Waals surface area contributed by atoms with Crippen LogP contribution < -0.4 is 19.5 Å². The molecule has 2 aromatic carbocycles. The lowest BCUT2D eigenvalue weighted by Crippen LogP contribution is -2.32. The van der Waals surface area contributed by atoms with Crippen LogP contribution in [0.2, 0.25) is 0 Å². The fourth-order valence-corrected chi connectivity index (χ4v) is 4.17. The maximum absolute atomic E-state index is 9.73. The molecule has 0 aliphatic carbocycles. The first-order chi connectivity index (χ1) is 16.0. The Kier molecular flexibility index (Phi) is 6.85. The highest BCUT2D eigenvalue weighted by Crippen LogP contribution is 2.38. The zero-order chi connectivity index (χ0) is 23.4. The number of ether oxygens (including phenoxy) is 3. The summed E-state index contributed by atoms with van der Waals surface area (Å²) in [6, 6.07) is 11.8. The Labute approximate surface area is 194 Å². The van der Waals surface area contributed by atoms with Gasteiger partial charge >= 0.3 is 0 Å². The van der Waals surface area contributed by atoms with Crippen molar-refractivity contribution in [2.45, 2.75) is 19.8 Å². The minimum atomic E-state index is 0.458. The van der Waals surface area contributed by atoms with Crippen molar-refractivity contribution < 1.29 is 14.2 Å². The molecule has 1 N–H and O–H groups in total. The normalized spacial score (nSPS) is 14.6. The molecule has 33 heavy (non-hydrogen) atoms. The Morgan fingerprint density at radius 2 is 1.91 bits per heavy atom. The predicted molar refractivity (Wildman–Crippen MR) is 130 cm³/mol. The molecule has 0 unspecified atom stereocenters. The first-order valence-corrected chi connectivity index (χ1v) is 11.2. The maximum Gasteiger partial charge on any atom is 0.163 e. The fourth-order valence-electron chi connectivity index (χ4n) is 4.17. The van der Waals surface area contributed by atoms with E-state index >= 15 is 0 Å². The van der Waals surface area contributed by atoms with E-state index in [0.717, 1.165) is 53.8 Å². The summed E-state index contributed by atoms with van der Waals surface area (Å²) in [7, 11) is 5.43. The number of fused-ring (bicyclic) bond motifs is 1. The highest BCUT2D eigenvalue weighted by atomic mass is 16.5. The third-order valence-electron chi connectivity index (χ3n) is 6.28. The smallest absolute Gasteiger partial charge is 0.163 e. The second-order valence-corrected chi connectivity index (χ2v) is 8.54. The van der Waals surface area contributed by atoms with Gasteiger partial charge in [-0.2, -0.15) is 5.26 Å². The van der Waals surface area contributed by atoms with Gasteiger partial charge < -0.3 is 24.4 Å². The van der Waals surface area contributed by atoms with Gasteiger partial charge in [-0.05, 0) is 75.6 Å². The molecule has 1 saturated heterocycles. The fraction of sp³-hybridized carbons (Fsp3) is 0.385. The third kappa shape index (κ3) is 4.96. The molecule has 0 atom stereocenters. The van der Waals surface area contributed by atoms with Crippen molar-refractivity contribution in [3.8, 4) is 23.3 Å². The zero-order valence-corrected chi connectivity index (χ0v) is 19.6. The van der Waals surface area contributed by atoms with Gasteiger partial charge in [0, 0.05) is 23.3 Å². The van der Waals surface area contributed by atoms with E-state index in [1.165, 1.54) is 0 Å². The summed E-state index contributed by atoms with van der Waals surface area (Å²) in [5, 5.41) is 14.0. The summed E-state index contributed by atoms with van der Waals surface area (Å²) >= 11 is 0. The van der Waals surface area contributed by atoms with Gasteiger partial charge in [-0.3, -0.25) is 4.98 Å². The minimum absolute atomic E-state index is 0.458. The summed E-state index contributed by atoms with van der Waals surface area (Å²) in [6.07, 6.45) is 3.85. The predicted octanol–water partition coefficient (Wildman–Crippen LogP) is 4.90. The average molecular weight is 447 g/mol. The number of aryl methyl sites for hydroxylation is 1. The molecule has 0 bridgehead atoms. The van der Waals surface area contributed by atoms with Gasteiger partial charge in [0.25, 0.3) is 0 Å². The van der Waals surface area contributed by atoms with Crippen LogP contribution in [0.3, 0.4) is 0 Å². The van der Waals surface area contributed by atoms with Crippen LogP contribution in [0.1, 0.15) is 24.0 Å². The van der Waals surface area contributed by atoms with E-state index < -0.39 is 0 Å². The van der Waals surface area contributed by atoms with Crippen molar-refractivity contribution in [2.24, 2.45) is 5.92 Å². The van der Waals surface area contributed by atoms with Crippen LogP contribution in [0.4, 0.5) is 11.4 Å². The van der Waals surface area contributed by atoms with Gasteiger partial charge in [-0.15, -0.1) is 0 Å².